The third-order valence-electron chi connectivity index (χ3n) is 2.92. The molecule has 0 amide bonds. The van der Waals surface area contributed by atoms with E-state index in [4.69, 9.17) is 4.74 Å². The van der Waals surface area contributed by atoms with E-state index >= 15 is 0 Å². The Morgan fingerprint density at radius 1 is 1.50 bits per heavy atom. The van der Waals surface area contributed by atoms with Crippen LogP contribution in [0.5, 0.6) is 5.75 Å². The Hall–Kier alpha value is -0.800. The molecule has 1 rings (SSSR count). The second-order valence-electron chi connectivity index (χ2n) is 4.22. The molecule has 0 aliphatic heterocycles. The quantitative estimate of drug-likeness (QED) is 0.565. The molecule has 0 saturated heterocycles. The van der Waals surface area contributed by atoms with E-state index in [2.05, 4.69) is 46.9 Å². The number of hydrogen-bond acceptors (Lipinski definition) is 2. The van der Waals surface area contributed by atoms with Gasteiger partial charge in [0.1, 0.15) is 5.75 Å². The monoisotopic (exact) mass is 311 g/mol. The van der Waals surface area contributed by atoms with Crippen LogP contribution in [-0.2, 0) is 0 Å². The molecule has 18 heavy (non-hydrogen) atoms. The fraction of sp³-hybridized carbons (Fsp3) is 0.467. The number of allylic oxidation sites excluding steroid dienone is 1. The van der Waals surface area contributed by atoms with Gasteiger partial charge in [0.05, 0.1) is 7.11 Å². The lowest BCUT2D eigenvalue weighted by Gasteiger charge is -2.20. The fourth-order valence-corrected chi connectivity index (χ4v) is 2.39. The maximum atomic E-state index is 5.47. The van der Waals surface area contributed by atoms with Crippen LogP contribution in [0.15, 0.2) is 35.3 Å². The molecule has 0 aromatic heterocycles. The average Bonchev–Trinajstić information content (AvgIpc) is 2.38. The number of halogens is 1. The predicted octanol–water partition coefficient (Wildman–Crippen LogP) is 4.46. The van der Waals surface area contributed by atoms with Crippen LogP contribution in [0, 0.1) is 0 Å². The van der Waals surface area contributed by atoms with Crippen molar-refractivity contribution in [3.8, 4) is 5.75 Å². The zero-order valence-corrected chi connectivity index (χ0v) is 12.8. The van der Waals surface area contributed by atoms with Crippen molar-refractivity contribution in [2.24, 2.45) is 0 Å². The molecule has 1 atom stereocenters. The van der Waals surface area contributed by atoms with E-state index in [-0.39, 0.29) is 0 Å². The molecule has 0 heterocycles. The van der Waals surface area contributed by atoms with Crippen LogP contribution in [0.4, 0.5) is 0 Å². The number of benzene rings is 1. The first kappa shape index (κ1) is 15.3. The van der Waals surface area contributed by atoms with Crippen molar-refractivity contribution in [3.05, 3.63) is 40.9 Å². The molecular weight excluding hydrogens is 290 g/mol. The lowest BCUT2D eigenvalue weighted by atomic mass is 10.00. The maximum Gasteiger partial charge on any atom is 0.124 e. The number of ether oxygens (including phenoxy) is 1. The molecular formula is C15H22BrNO. The second-order valence-corrected chi connectivity index (χ2v) is 5.13. The maximum absolute atomic E-state index is 5.47. The Morgan fingerprint density at radius 3 is 2.89 bits per heavy atom. The summed E-state index contributed by atoms with van der Waals surface area (Å²) in [4.78, 5) is 0. The van der Waals surface area contributed by atoms with E-state index in [1.807, 2.05) is 12.1 Å². The summed E-state index contributed by atoms with van der Waals surface area (Å²) in [6, 6.07) is 6.56. The van der Waals surface area contributed by atoms with Gasteiger partial charge in [0.25, 0.3) is 0 Å². The third kappa shape index (κ3) is 4.46. The van der Waals surface area contributed by atoms with E-state index in [0.717, 1.165) is 36.0 Å². The summed E-state index contributed by atoms with van der Waals surface area (Å²) in [6.45, 7) is 6.86. The Bertz CT molecular complexity index is 379. The second kappa shape index (κ2) is 8.33. The van der Waals surface area contributed by atoms with Crippen molar-refractivity contribution >= 4 is 15.9 Å². The average molecular weight is 312 g/mol. The van der Waals surface area contributed by atoms with Gasteiger partial charge in [-0.1, -0.05) is 35.0 Å². The highest BCUT2D eigenvalue weighted by Crippen LogP contribution is 2.31. The van der Waals surface area contributed by atoms with E-state index in [9.17, 15) is 0 Å². The first-order valence-corrected chi connectivity index (χ1v) is 7.20. The Labute approximate surface area is 119 Å². The molecule has 0 aliphatic carbocycles. The molecule has 2 nitrogen and oxygen atoms in total. The Balaban J connectivity index is 2.86. The Morgan fingerprint density at radius 2 is 2.28 bits per heavy atom. The van der Waals surface area contributed by atoms with Gasteiger partial charge in [-0.05, 0) is 37.9 Å². The lowest BCUT2D eigenvalue weighted by Crippen LogP contribution is -2.21. The summed E-state index contributed by atoms with van der Waals surface area (Å²) in [7, 11) is 1.72. The molecule has 0 aliphatic rings. The van der Waals surface area contributed by atoms with Crippen LogP contribution in [0.2, 0.25) is 0 Å². The minimum absolute atomic E-state index is 0.345. The zero-order valence-electron chi connectivity index (χ0n) is 11.2. The predicted molar refractivity (Wildman–Crippen MR) is 81.2 cm³/mol. The molecule has 3 heteroatoms. The number of hydrogen-bond donors (Lipinski definition) is 1. The van der Waals surface area contributed by atoms with E-state index in [0.29, 0.717) is 6.04 Å². The fourth-order valence-electron chi connectivity index (χ4n) is 2.05. The first-order chi connectivity index (χ1) is 8.72. The number of unbranched alkanes of at least 4 members (excludes halogenated alkanes) is 1. The number of rotatable bonds is 8. The minimum Gasteiger partial charge on any atom is -0.496 e. The van der Waals surface area contributed by atoms with Gasteiger partial charge in [0.15, 0.2) is 0 Å². The van der Waals surface area contributed by atoms with Crippen molar-refractivity contribution < 1.29 is 4.74 Å². The van der Waals surface area contributed by atoms with E-state index in [1.165, 1.54) is 5.56 Å². The third-order valence-corrected chi connectivity index (χ3v) is 3.42. The summed E-state index contributed by atoms with van der Waals surface area (Å²) >= 11 is 3.48. The zero-order chi connectivity index (χ0) is 13.4. The normalized spacial score (nSPS) is 12.2. The molecule has 1 unspecified atom stereocenters. The van der Waals surface area contributed by atoms with Crippen LogP contribution in [0.25, 0.3) is 0 Å². The topological polar surface area (TPSA) is 21.3 Å². The molecule has 0 bridgehead atoms. The summed E-state index contributed by atoms with van der Waals surface area (Å²) in [5, 5.41) is 3.52. The van der Waals surface area contributed by atoms with Gasteiger partial charge in [-0.15, -0.1) is 6.58 Å². The summed E-state index contributed by atoms with van der Waals surface area (Å²) in [5.74, 6) is 0.939. The number of methoxy groups -OCH3 is 1. The van der Waals surface area contributed by atoms with Gasteiger partial charge in [-0.25, -0.2) is 0 Å². The van der Waals surface area contributed by atoms with Crippen LogP contribution < -0.4 is 10.1 Å². The van der Waals surface area contributed by atoms with Crippen molar-refractivity contribution in [3.63, 3.8) is 0 Å². The molecule has 0 fully saturated rings. The van der Waals surface area contributed by atoms with Gasteiger partial charge in [-0.2, -0.15) is 0 Å². The molecule has 0 radical (unpaired) electrons. The molecule has 0 spiro atoms. The molecule has 1 N–H and O–H groups in total. The molecule has 0 saturated carbocycles. The summed E-state index contributed by atoms with van der Waals surface area (Å²) < 4.78 is 6.52. The van der Waals surface area contributed by atoms with Gasteiger partial charge < -0.3 is 10.1 Å². The SMILES string of the molecule is C=CCCCC(NCC)c1ccc(Br)cc1OC. The molecule has 100 valence electrons. The van der Waals surface area contributed by atoms with Crippen molar-refractivity contribution in [1.29, 1.82) is 0 Å². The standard InChI is InChI=1S/C15H22BrNO/c1-4-6-7-8-14(17-5-2)13-10-9-12(16)11-15(13)18-3/h4,9-11,14,17H,1,5-8H2,2-3H3. The highest BCUT2D eigenvalue weighted by Gasteiger charge is 2.14. The highest BCUT2D eigenvalue weighted by molar-refractivity contribution is 9.10. The molecule has 1 aromatic carbocycles. The van der Waals surface area contributed by atoms with Gasteiger partial charge in [0, 0.05) is 16.1 Å². The van der Waals surface area contributed by atoms with Crippen LogP contribution in [-0.4, -0.2) is 13.7 Å². The number of nitrogens with one attached hydrogen (secondary N) is 1. The summed E-state index contributed by atoms with van der Waals surface area (Å²) in [5.41, 5.74) is 1.23. The van der Waals surface area contributed by atoms with Crippen LogP contribution in [0.3, 0.4) is 0 Å². The van der Waals surface area contributed by atoms with Gasteiger partial charge >= 0.3 is 0 Å². The van der Waals surface area contributed by atoms with E-state index < -0.39 is 0 Å². The minimum atomic E-state index is 0.345. The van der Waals surface area contributed by atoms with Crippen molar-refractivity contribution in [2.45, 2.75) is 32.2 Å². The van der Waals surface area contributed by atoms with Crippen LogP contribution in [0.1, 0.15) is 37.8 Å². The smallest absolute Gasteiger partial charge is 0.124 e. The summed E-state index contributed by atoms with van der Waals surface area (Å²) in [6.07, 6.45) is 5.26. The first-order valence-electron chi connectivity index (χ1n) is 6.40. The van der Waals surface area contributed by atoms with Crippen LogP contribution >= 0.6 is 15.9 Å². The highest BCUT2D eigenvalue weighted by atomic mass is 79.9. The van der Waals surface area contributed by atoms with Gasteiger partial charge in [0.2, 0.25) is 0 Å². The Kier molecular flexibility index (Phi) is 7.06. The van der Waals surface area contributed by atoms with Crippen molar-refractivity contribution in [1.82, 2.24) is 5.32 Å². The van der Waals surface area contributed by atoms with E-state index in [1.54, 1.807) is 7.11 Å². The van der Waals surface area contributed by atoms with Crippen molar-refractivity contribution in [2.75, 3.05) is 13.7 Å². The lowest BCUT2D eigenvalue weighted by molar-refractivity contribution is 0.394. The largest absolute Gasteiger partial charge is 0.496 e. The molecule has 1 aromatic rings. The van der Waals surface area contributed by atoms with Gasteiger partial charge in [-0.3, -0.25) is 0 Å².